The van der Waals surface area contributed by atoms with Crippen molar-refractivity contribution >= 4 is 44.6 Å². The van der Waals surface area contributed by atoms with E-state index in [4.69, 9.17) is 34.8 Å². The fraction of sp³-hybridized carbons (Fsp3) is 0.214. The van der Waals surface area contributed by atoms with Crippen LogP contribution in [0.25, 0.3) is 0 Å². The normalized spacial score (nSPS) is 13.1. The van der Waals surface area contributed by atoms with Crippen molar-refractivity contribution in [1.29, 1.82) is 0 Å². The van der Waals surface area contributed by atoms with Crippen LogP contribution in [0.5, 0.6) is 0 Å². The maximum Gasteiger partial charge on any atom is 0.162 e. The van der Waals surface area contributed by atoms with Crippen LogP contribution in [0.1, 0.15) is 23.4 Å². The zero-order valence-electron chi connectivity index (χ0n) is 11.1. The Morgan fingerprint density at radius 2 is 1.71 bits per heavy atom. The van der Waals surface area contributed by atoms with E-state index in [1.54, 1.807) is 31.2 Å². The quantitative estimate of drug-likeness (QED) is 0.788. The smallest absolute Gasteiger partial charge is 0.162 e. The van der Waals surface area contributed by atoms with Gasteiger partial charge in [0.25, 0.3) is 0 Å². The summed E-state index contributed by atoms with van der Waals surface area (Å²) in [6.45, 7) is 1.63. The van der Waals surface area contributed by atoms with Gasteiger partial charge in [0.05, 0.1) is 26.7 Å². The summed E-state index contributed by atoms with van der Waals surface area (Å²) in [5.41, 5.74) is 0.964. The Morgan fingerprint density at radius 3 is 2.29 bits per heavy atom. The lowest BCUT2D eigenvalue weighted by molar-refractivity contribution is 0.584. The summed E-state index contributed by atoms with van der Waals surface area (Å²) in [6.07, 6.45) is 1.38. The van der Waals surface area contributed by atoms with Gasteiger partial charge in [-0.1, -0.05) is 46.9 Å². The molecule has 0 fully saturated rings. The van der Waals surface area contributed by atoms with Crippen molar-refractivity contribution < 1.29 is 8.42 Å². The molecule has 0 saturated carbocycles. The molecule has 2 aromatic rings. The van der Waals surface area contributed by atoms with Crippen molar-refractivity contribution in [3.63, 3.8) is 0 Å². The SMILES string of the molecule is C[C@H](c1ccc(Cl)cc1)S(=O)(=O)Cc1ncc(Cl)cc1Cl. The number of hydrogen-bond donors (Lipinski definition) is 0. The summed E-state index contributed by atoms with van der Waals surface area (Å²) in [7, 11) is -3.45. The minimum atomic E-state index is -3.45. The maximum atomic E-state index is 12.5. The molecule has 0 unspecified atom stereocenters. The van der Waals surface area contributed by atoms with Crippen LogP contribution in [0.15, 0.2) is 36.5 Å². The second kappa shape index (κ2) is 6.53. The molecular formula is C14H12Cl3NO2S. The van der Waals surface area contributed by atoms with Gasteiger partial charge in [-0.15, -0.1) is 0 Å². The van der Waals surface area contributed by atoms with Gasteiger partial charge in [0, 0.05) is 11.2 Å². The Kier molecular flexibility index (Phi) is 5.15. The lowest BCUT2D eigenvalue weighted by Crippen LogP contribution is -2.14. The van der Waals surface area contributed by atoms with Crippen molar-refractivity contribution in [2.45, 2.75) is 17.9 Å². The molecule has 0 radical (unpaired) electrons. The number of halogens is 3. The van der Waals surface area contributed by atoms with Crippen LogP contribution in [0.4, 0.5) is 0 Å². The molecule has 2 rings (SSSR count). The molecule has 0 aliphatic heterocycles. The highest BCUT2D eigenvalue weighted by Crippen LogP contribution is 2.28. The molecule has 0 bridgehead atoms. The topological polar surface area (TPSA) is 47.0 Å². The molecule has 0 spiro atoms. The Bertz CT molecular complexity index is 745. The average molecular weight is 365 g/mol. The molecule has 0 aliphatic carbocycles. The lowest BCUT2D eigenvalue weighted by Gasteiger charge is -2.14. The minimum Gasteiger partial charge on any atom is -0.257 e. The van der Waals surface area contributed by atoms with Gasteiger partial charge in [0.1, 0.15) is 0 Å². The Hall–Kier alpha value is -0.810. The number of sulfone groups is 1. The molecule has 1 aromatic carbocycles. The molecular weight excluding hydrogens is 353 g/mol. The number of hydrogen-bond acceptors (Lipinski definition) is 3. The van der Waals surface area contributed by atoms with Gasteiger partial charge >= 0.3 is 0 Å². The first-order valence-corrected chi connectivity index (χ1v) is 8.91. The predicted molar refractivity (Wildman–Crippen MR) is 86.7 cm³/mol. The van der Waals surface area contributed by atoms with Crippen molar-refractivity contribution in [2.24, 2.45) is 0 Å². The number of nitrogens with zero attached hydrogens (tertiary/aromatic N) is 1. The molecule has 0 aliphatic rings. The molecule has 1 atom stereocenters. The van der Waals surface area contributed by atoms with Crippen molar-refractivity contribution in [2.75, 3.05) is 0 Å². The third-order valence-electron chi connectivity index (χ3n) is 3.10. The Balaban J connectivity index is 2.27. The first-order chi connectivity index (χ1) is 9.79. The number of aromatic nitrogens is 1. The number of benzene rings is 1. The van der Waals surface area contributed by atoms with E-state index in [9.17, 15) is 8.42 Å². The first kappa shape index (κ1) is 16.6. The first-order valence-electron chi connectivity index (χ1n) is 6.06. The molecule has 7 heteroatoms. The van der Waals surface area contributed by atoms with Crippen LogP contribution < -0.4 is 0 Å². The monoisotopic (exact) mass is 363 g/mol. The van der Waals surface area contributed by atoms with Gasteiger partial charge < -0.3 is 0 Å². The number of rotatable bonds is 4. The predicted octanol–water partition coefficient (Wildman–Crippen LogP) is 4.72. The summed E-state index contributed by atoms with van der Waals surface area (Å²) in [4.78, 5) is 3.99. The Morgan fingerprint density at radius 1 is 1.10 bits per heavy atom. The van der Waals surface area contributed by atoms with Gasteiger partial charge in [0.2, 0.25) is 0 Å². The molecule has 112 valence electrons. The van der Waals surface area contributed by atoms with Crippen LogP contribution in [0.2, 0.25) is 15.1 Å². The summed E-state index contributed by atoms with van der Waals surface area (Å²) in [5, 5.41) is 0.496. The van der Waals surface area contributed by atoms with Crippen LogP contribution in [0.3, 0.4) is 0 Å². The third kappa shape index (κ3) is 4.10. The van der Waals surface area contributed by atoms with E-state index in [0.717, 1.165) is 0 Å². The maximum absolute atomic E-state index is 12.5. The fourth-order valence-electron chi connectivity index (χ4n) is 1.81. The van der Waals surface area contributed by atoms with Crippen molar-refractivity contribution in [1.82, 2.24) is 4.98 Å². The summed E-state index contributed by atoms with van der Waals surface area (Å²) >= 11 is 17.5. The molecule has 0 amide bonds. The van der Waals surface area contributed by atoms with E-state index in [0.29, 0.717) is 21.3 Å². The van der Waals surface area contributed by atoms with Gasteiger partial charge in [-0.3, -0.25) is 4.98 Å². The molecule has 3 nitrogen and oxygen atoms in total. The van der Waals surface area contributed by atoms with Gasteiger partial charge in [-0.25, -0.2) is 8.42 Å². The standard InChI is InChI=1S/C14H12Cl3NO2S/c1-9(10-2-4-11(15)5-3-10)21(19,20)8-14-13(17)6-12(16)7-18-14/h2-7,9H,8H2,1H3/t9-/m1/s1. The Labute approximate surface area is 138 Å². The lowest BCUT2D eigenvalue weighted by atomic mass is 10.2. The van der Waals surface area contributed by atoms with E-state index < -0.39 is 15.1 Å². The van der Waals surface area contributed by atoms with Crippen molar-refractivity contribution in [3.05, 3.63) is 62.9 Å². The van der Waals surface area contributed by atoms with Crippen LogP contribution in [-0.4, -0.2) is 13.4 Å². The molecule has 0 saturated heterocycles. The van der Waals surface area contributed by atoms with Gasteiger partial charge in [-0.2, -0.15) is 0 Å². The molecule has 0 N–H and O–H groups in total. The van der Waals surface area contributed by atoms with Gasteiger partial charge in [-0.05, 0) is 30.7 Å². The van der Waals surface area contributed by atoms with Crippen LogP contribution in [-0.2, 0) is 15.6 Å². The van der Waals surface area contributed by atoms with Crippen molar-refractivity contribution in [3.8, 4) is 0 Å². The van der Waals surface area contributed by atoms with E-state index in [1.165, 1.54) is 12.3 Å². The second-order valence-electron chi connectivity index (χ2n) is 4.58. The highest BCUT2D eigenvalue weighted by Gasteiger charge is 2.24. The number of pyridine rings is 1. The van der Waals surface area contributed by atoms with E-state index >= 15 is 0 Å². The second-order valence-corrected chi connectivity index (χ2v) is 8.18. The summed E-state index contributed by atoms with van der Waals surface area (Å²) in [6, 6.07) is 8.20. The highest BCUT2D eigenvalue weighted by atomic mass is 35.5. The molecule has 1 heterocycles. The largest absolute Gasteiger partial charge is 0.257 e. The fourth-order valence-corrected chi connectivity index (χ4v) is 3.89. The van der Waals surface area contributed by atoms with E-state index in [-0.39, 0.29) is 10.8 Å². The highest BCUT2D eigenvalue weighted by molar-refractivity contribution is 7.90. The van der Waals surface area contributed by atoms with Gasteiger partial charge in [0.15, 0.2) is 9.84 Å². The zero-order chi connectivity index (χ0) is 15.6. The summed E-state index contributed by atoms with van der Waals surface area (Å²) in [5.74, 6) is -0.243. The van der Waals surface area contributed by atoms with Crippen LogP contribution in [0, 0.1) is 0 Å². The van der Waals surface area contributed by atoms with Crippen LogP contribution >= 0.6 is 34.8 Å². The molecule has 1 aromatic heterocycles. The summed E-state index contributed by atoms with van der Waals surface area (Å²) < 4.78 is 24.9. The molecule has 21 heavy (non-hydrogen) atoms. The minimum absolute atomic E-state index is 0.243. The van der Waals surface area contributed by atoms with E-state index in [2.05, 4.69) is 4.98 Å². The zero-order valence-corrected chi connectivity index (χ0v) is 14.1. The average Bonchev–Trinajstić information content (AvgIpc) is 2.42. The van der Waals surface area contributed by atoms with E-state index in [1.807, 2.05) is 0 Å². The third-order valence-corrected chi connectivity index (χ3v) is 5.91.